The maximum Gasteiger partial charge on any atom is 0.315 e. The van der Waals surface area contributed by atoms with Crippen molar-refractivity contribution in [3.8, 4) is 0 Å². The third-order valence-corrected chi connectivity index (χ3v) is 5.24. The molecular weight excluding hydrogens is 274 g/mol. The number of nitrogens with zero attached hydrogens (tertiary/aromatic N) is 1. The minimum Gasteiger partial charge on any atom is -0.396 e. The fourth-order valence-corrected chi connectivity index (χ4v) is 3.29. The molecule has 0 saturated heterocycles. The monoisotopic (exact) mass is 295 g/mol. The van der Waals surface area contributed by atoms with Crippen molar-refractivity contribution in [3.05, 3.63) is 16.1 Å². The number of carbonyl (C=O) groups is 1. The minimum atomic E-state index is -0.144. The first-order valence-electron chi connectivity index (χ1n) is 7.19. The number of thiazole rings is 1. The highest BCUT2D eigenvalue weighted by Gasteiger charge is 2.42. The number of hydrogen-bond acceptors (Lipinski definition) is 4. The Labute approximate surface area is 122 Å². The van der Waals surface area contributed by atoms with E-state index in [1.165, 1.54) is 0 Å². The van der Waals surface area contributed by atoms with E-state index in [1.807, 2.05) is 12.3 Å². The molecule has 5 nitrogen and oxygen atoms in total. The summed E-state index contributed by atoms with van der Waals surface area (Å²) in [6.45, 7) is 2.69. The SMILES string of the molecule is Cc1csc(C(NC(=O)NCC2(CO)CC2)C2CC2)n1. The van der Waals surface area contributed by atoms with Crippen molar-refractivity contribution < 1.29 is 9.90 Å². The first-order valence-corrected chi connectivity index (χ1v) is 8.07. The fraction of sp³-hybridized carbons (Fsp3) is 0.714. The van der Waals surface area contributed by atoms with Crippen LogP contribution in [0, 0.1) is 18.3 Å². The second-order valence-corrected chi connectivity index (χ2v) is 7.02. The van der Waals surface area contributed by atoms with Crippen LogP contribution in [0.4, 0.5) is 4.79 Å². The highest BCUT2D eigenvalue weighted by atomic mass is 32.1. The molecule has 0 radical (unpaired) electrons. The number of rotatable bonds is 6. The van der Waals surface area contributed by atoms with Gasteiger partial charge in [-0.15, -0.1) is 11.3 Å². The van der Waals surface area contributed by atoms with Gasteiger partial charge in [-0.3, -0.25) is 0 Å². The first-order chi connectivity index (χ1) is 9.62. The predicted molar refractivity (Wildman–Crippen MR) is 77.6 cm³/mol. The highest BCUT2D eigenvalue weighted by molar-refractivity contribution is 7.09. The molecule has 0 aliphatic heterocycles. The smallest absolute Gasteiger partial charge is 0.315 e. The molecule has 2 aliphatic carbocycles. The molecule has 2 aliphatic rings. The van der Waals surface area contributed by atoms with E-state index >= 15 is 0 Å². The number of amides is 2. The van der Waals surface area contributed by atoms with Gasteiger partial charge in [-0.05, 0) is 38.5 Å². The van der Waals surface area contributed by atoms with E-state index in [4.69, 9.17) is 0 Å². The predicted octanol–water partition coefficient (Wildman–Crippen LogP) is 1.97. The molecule has 1 aromatic heterocycles. The van der Waals surface area contributed by atoms with Crippen LogP contribution in [0.3, 0.4) is 0 Å². The van der Waals surface area contributed by atoms with Crippen molar-refractivity contribution in [1.29, 1.82) is 0 Å². The van der Waals surface area contributed by atoms with E-state index in [0.717, 1.165) is 36.4 Å². The number of aromatic nitrogens is 1. The molecule has 0 spiro atoms. The molecule has 0 bridgehead atoms. The van der Waals surface area contributed by atoms with Crippen molar-refractivity contribution in [2.24, 2.45) is 11.3 Å². The Hall–Kier alpha value is -1.14. The lowest BCUT2D eigenvalue weighted by Gasteiger charge is -2.18. The Morgan fingerprint density at radius 1 is 1.60 bits per heavy atom. The van der Waals surface area contributed by atoms with Gasteiger partial charge in [0.05, 0.1) is 12.6 Å². The van der Waals surface area contributed by atoms with Crippen molar-refractivity contribution >= 4 is 17.4 Å². The molecule has 3 rings (SSSR count). The molecule has 2 fully saturated rings. The molecule has 1 heterocycles. The third kappa shape index (κ3) is 3.12. The number of aliphatic hydroxyl groups excluding tert-OH is 1. The maximum atomic E-state index is 12.0. The van der Waals surface area contributed by atoms with Gasteiger partial charge in [0.1, 0.15) is 5.01 Å². The van der Waals surface area contributed by atoms with Gasteiger partial charge >= 0.3 is 6.03 Å². The third-order valence-electron chi connectivity index (χ3n) is 4.20. The van der Waals surface area contributed by atoms with Gasteiger partial charge in [0.25, 0.3) is 0 Å². The van der Waals surface area contributed by atoms with Crippen LogP contribution in [-0.2, 0) is 0 Å². The topological polar surface area (TPSA) is 74.2 Å². The normalized spacial score (nSPS) is 21.3. The van der Waals surface area contributed by atoms with E-state index < -0.39 is 0 Å². The zero-order chi connectivity index (χ0) is 14.2. The van der Waals surface area contributed by atoms with Gasteiger partial charge < -0.3 is 15.7 Å². The summed E-state index contributed by atoms with van der Waals surface area (Å²) >= 11 is 1.61. The number of nitrogens with one attached hydrogen (secondary N) is 2. The molecule has 20 heavy (non-hydrogen) atoms. The Balaban J connectivity index is 1.55. The Morgan fingerprint density at radius 2 is 2.35 bits per heavy atom. The lowest BCUT2D eigenvalue weighted by Crippen LogP contribution is -2.41. The standard InChI is InChI=1S/C14H21N3O2S/c1-9-6-20-12(16-9)11(10-2-3-10)17-13(19)15-7-14(8-18)4-5-14/h6,10-11,18H,2-5,7-8H2,1H3,(H2,15,17,19). The molecule has 2 saturated carbocycles. The van der Waals surface area contributed by atoms with Crippen LogP contribution in [0.2, 0.25) is 0 Å². The molecule has 1 unspecified atom stereocenters. The summed E-state index contributed by atoms with van der Waals surface area (Å²) < 4.78 is 0. The second kappa shape index (κ2) is 5.33. The van der Waals surface area contributed by atoms with E-state index in [1.54, 1.807) is 11.3 Å². The van der Waals surface area contributed by atoms with Crippen LogP contribution < -0.4 is 10.6 Å². The van der Waals surface area contributed by atoms with Gasteiger partial charge in [-0.2, -0.15) is 0 Å². The number of hydrogen-bond donors (Lipinski definition) is 3. The molecular formula is C14H21N3O2S. The average molecular weight is 295 g/mol. The molecule has 3 N–H and O–H groups in total. The summed E-state index contributed by atoms with van der Waals surface area (Å²) in [6, 6.07) is -0.104. The largest absolute Gasteiger partial charge is 0.396 e. The van der Waals surface area contributed by atoms with E-state index in [0.29, 0.717) is 12.5 Å². The summed E-state index contributed by atoms with van der Waals surface area (Å²) in [4.78, 5) is 16.5. The Bertz CT molecular complexity index is 494. The second-order valence-electron chi connectivity index (χ2n) is 6.13. The maximum absolute atomic E-state index is 12.0. The summed E-state index contributed by atoms with van der Waals surface area (Å²) in [7, 11) is 0. The summed E-state index contributed by atoms with van der Waals surface area (Å²) in [5, 5.41) is 18.2. The van der Waals surface area contributed by atoms with Crippen LogP contribution in [0.5, 0.6) is 0 Å². The molecule has 6 heteroatoms. The lowest BCUT2D eigenvalue weighted by atomic mass is 10.1. The van der Waals surface area contributed by atoms with Gasteiger partial charge in [-0.1, -0.05) is 0 Å². The number of urea groups is 1. The van der Waals surface area contributed by atoms with E-state index in [2.05, 4.69) is 15.6 Å². The zero-order valence-corrected chi connectivity index (χ0v) is 12.5. The molecule has 1 aromatic rings. The van der Waals surface area contributed by atoms with Crippen LogP contribution >= 0.6 is 11.3 Å². The molecule has 2 amide bonds. The van der Waals surface area contributed by atoms with Crippen molar-refractivity contribution in [2.45, 2.75) is 38.6 Å². The Kier molecular flexibility index (Phi) is 3.69. The lowest BCUT2D eigenvalue weighted by molar-refractivity contribution is 0.201. The number of carbonyl (C=O) groups excluding carboxylic acids is 1. The highest BCUT2D eigenvalue weighted by Crippen LogP contribution is 2.44. The van der Waals surface area contributed by atoms with Crippen LogP contribution in [-0.4, -0.2) is 29.3 Å². The van der Waals surface area contributed by atoms with Crippen molar-refractivity contribution in [3.63, 3.8) is 0 Å². The Morgan fingerprint density at radius 3 is 2.85 bits per heavy atom. The van der Waals surface area contributed by atoms with Crippen LogP contribution in [0.1, 0.15) is 42.4 Å². The van der Waals surface area contributed by atoms with Gasteiger partial charge in [0.15, 0.2) is 0 Å². The van der Waals surface area contributed by atoms with Gasteiger partial charge in [0, 0.05) is 23.0 Å². The number of aryl methyl sites for hydroxylation is 1. The van der Waals surface area contributed by atoms with Crippen LogP contribution in [0.15, 0.2) is 5.38 Å². The minimum absolute atomic E-state index is 0.0398. The van der Waals surface area contributed by atoms with Crippen molar-refractivity contribution in [2.75, 3.05) is 13.2 Å². The van der Waals surface area contributed by atoms with Crippen LogP contribution in [0.25, 0.3) is 0 Å². The van der Waals surface area contributed by atoms with Gasteiger partial charge in [-0.25, -0.2) is 9.78 Å². The zero-order valence-electron chi connectivity index (χ0n) is 11.7. The van der Waals surface area contributed by atoms with Crippen molar-refractivity contribution in [1.82, 2.24) is 15.6 Å². The summed E-state index contributed by atoms with van der Waals surface area (Å²) in [5.74, 6) is 0.527. The summed E-state index contributed by atoms with van der Waals surface area (Å²) in [5.41, 5.74) is 0.958. The fourth-order valence-electron chi connectivity index (χ4n) is 2.35. The molecule has 0 aromatic carbocycles. The average Bonchev–Trinajstić information content (AvgIpc) is 3.34. The van der Waals surface area contributed by atoms with E-state index in [-0.39, 0.29) is 24.1 Å². The van der Waals surface area contributed by atoms with Gasteiger partial charge in [0.2, 0.25) is 0 Å². The number of aliphatic hydroxyl groups is 1. The first kappa shape index (κ1) is 13.8. The molecule has 110 valence electrons. The molecule has 1 atom stereocenters. The van der Waals surface area contributed by atoms with E-state index in [9.17, 15) is 9.90 Å². The quantitative estimate of drug-likeness (QED) is 0.751. The summed E-state index contributed by atoms with van der Waals surface area (Å²) in [6.07, 6.45) is 4.32.